The second-order valence-electron chi connectivity index (χ2n) is 8.25. The molecule has 9 heteroatoms. The molecule has 2 aromatic heterocycles. The molecule has 0 bridgehead atoms. The fraction of sp³-hybridized carbons (Fsp3) is 0.240. The van der Waals surface area contributed by atoms with Crippen molar-refractivity contribution in [2.45, 2.75) is 32.4 Å². The van der Waals surface area contributed by atoms with Crippen LogP contribution in [0.25, 0.3) is 11.4 Å². The van der Waals surface area contributed by atoms with Gasteiger partial charge in [-0.25, -0.2) is 14.8 Å². The number of likely N-dealkylation sites (tertiary alicyclic amines) is 1. The lowest BCUT2D eigenvalue weighted by Crippen LogP contribution is -2.35. The van der Waals surface area contributed by atoms with Crippen molar-refractivity contribution in [3.8, 4) is 11.4 Å². The SMILES string of the molecule is Cc1nnc([C@H]2CCCN2C(=O)Nc2ccc(-c3ncccn3)cc2)n1Cc1ccc(Cl)cc1. The minimum Gasteiger partial charge on any atom is -0.314 e. The van der Waals surface area contributed by atoms with Gasteiger partial charge in [0.25, 0.3) is 0 Å². The lowest BCUT2D eigenvalue weighted by atomic mass is 10.2. The molecule has 2 amide bonds. The molecular formula is C25H24ClN7O. The summed E-state index contributed by atoms with van der Waals surface area (Å²) in [6, 6.07) is 16.8. The predicted octanol–water partition coefficient (Wildman–Crippen LogP) is 5.11. The van der Waals surface area contributed by atoms with Gasteiger partial charge in [-0.2, -0.15) is 0 Å². The number of nitrogens with one attached hydrogen (secondary N) is 1. The Labute approximate surface area is 202 Å². The third-order valence-corrected chi connectivity index (χ3v) is 6.24. The molecule has 34 heavy (non-hydrogen) atoms. The van der Waals surface area contributed by atoms with Crippen LogP contribution in [0.15, 0.2) is 67.0 Å². The standard InChI is InChI=1S/C25H24ClN7O/c1-17-30-31-24(33(17)16-18-5-9-20(26)10-6-18)22-4-2-15-32(22)25(34)29-21-11-7-19(8-12-21)23-27-13-3-14-28-23/h3,5-14,22H,2,4,15-16H2,1H3,(H,29,34)/t22-/m1/s1. The molecule has 1 aliphatic heterocycles. The summed E-state index contributed by atoms with van der Waals surface area (Å²) in [5.41, 5.74) is 2.71. The van der Waals surface area contributed by atoms with Gasteiger partial charge in [-0.05, 0) is 67.8 Å². The average molecular weight is 474 g/mol. The largest absolute Gasteiger partial charge is 0.322 e. The number of aromatic nitrogens is 5. The number of amides is 2. The van der Waals surface area contributed by atoms with Gasteiger partial charge in [-0.1, -0.05) is 23.7 Å². The van der Waals surface area contributed by atoms with E-state index in [-0.39, 0.29) is 12.1 Å². The summed E-state index contributed by atoms with van der Waals surface area (Å²) < 4.78 is 2.08. The van der Waals surface area contributed by atoms with E-state index in [1.807, 2.05) is 60.4 Å². The topological polar surface area (TPSA) is 88.8 Å². The first-order valence-electron chi connectivity index (χ1n) is 11.2. The fourth-order valence-corrected chi connectivity index (χ4v) is 4.36. The number of halogens is 1. The Morgan fingerprint density at radius 1 is 1.06 bits per heavy atom. The molecule has 1 N–H and O–H groups in total. The molecule has 3 heterocycles. The number of hydrogen-bond acceptors (Lipinski definition) is 5. The molecule has 8 nitrogen and oxygen atoms in total. The van der Waals surface area contributed by atoms with E-state index in [1.54, 1.807) is 18.5 Å². The van der Waals surface area contributed by atoms with Gasteiger partial charge in [-0.3, -0.25) is 0 Å². The van der Waals surface area contributed by atoms with Crippen molar-refractivity contribution in [1.29, 1.82) is 0 Å². The molecular weight excluding hydrogens is 450 g/mol. The number of anilines is 1. The van der Waals surface area contributed by atoms with Crippen molar-refractivity contribution in [3.63, 3.8) is 0 Å². The number of nitrogens with zero attached hydrogens (tertiary/aromatic N) is 6. The van der Waals surface area contributed by atoms with Crippen molar-refractivity contribution in [3.05, 3.63) is 89.2 Å². The van der Waals surface area contributed by atoms with Gasteiger partial charge in [0.2, 0.25) is 0 Å². The Morgan fingerprint density at radius 3 is 2.53 bits per heavy atom. The van der Waals surface area contributed by atoms with E-state index in [2.05, 4.69) is 30.0 Å². The summed E-state index contributed by atoms with van der Waals surface area (Å²) in [6.45, 7) is 3.23. The second kappa shape index (κ2) is 9.61. The Morgan fingerprint density at radius 2 is 1.79 bits per heavy atom. The molecule has 4 aromatic rings. The van der Waals surface area contributed by atoms with Crippen LogP contribution in [0, 0.1) is 6.92 Å². The quantitative estimate of drug-likeness (QED) is 0.435. The third-order valence-electron chi connectivity index (χ3n) is 5.99. The van der Waals surface area contributed by atoms with Crippen LogP contribution in [0.2, 0.25) is 5.02 Å². The summed E-state index contributed by atoms with van der Waals surface area (Å²) in [5, 5.41) is 12.5. The molecule has 0 saturated carbocycles. The van der Waals surface area contributed by atoms with Crippen LogP contribution in [0.5, 0.6) is 0 Å². The highest BCUT2D eigenvalue weighted by Gasteiger charge is 2.34. The Bertz CT molecular complexity index is 1270. The van der Waals surface area contributed by atoms with Crippen LogP contribution in [-0.2, 0) is 6.54 Å². The van der Waals surface area contributed by atoms with Gasteiger partial charge in [0.1, 0.15) is 5.82 Å². The van der Waals surface area contributed by atoms with Gasteiger partial charge in [0.15, 0.2) is 11.6 Å². The van der Waals surface area contributed by atoms with E-state index in [0.29, 0.717) is 29.6 Å². The highest BCUT2D eigenvalue weighted by atomic mass is 35.5. The van der Waals surface area contributed by atoms with Crippen LogP contribution in [0.1, 0.15) is 36.1 Å². The van der Waals surface area contributed by atoms with Crippen LogP contribution in [0.4, 0.5) is 10.5 Å². The lowest BCUT2D eigenvalue weighted by molar-refractivity contribution is 0.204. The van der Waals surface area contributed by atoms with Crippen LogP contribution >= 0.6 is 11.6 Å². The zero-order valence-corrected chi connectivity index (χ0v) is 19.5. The third kappa shape index (κ3) is 4.63. The van der Waals surface area contributed by atoms with Crippen molar-refractivity contribution in [2.75, 3.05) is 11.9 Å². The maximum atomic E-state index is 13.2. The first kappa shape index (κ1) is 22.0. The summed E-state index contributed by atoms with van der Waals surface area (Å²) in [5.74, 6) is 2.27. The van der Waals surface area contributed by atoms with E-state index in [4.69, 9.17) is 11.6 Å². The maximum absolute atomic E-state index is 13.2. The average Bonchev–Trinajstić information content (AvgIpc) is 3.48. The summed E-state index contributed by atoms with van der Waals surface area (Å²) in [7, 11) is 0. The fourth-order valence-electron chi connectivity index (χ4n) is 4.24. The van der Waals surface area contributed by atoms with Crippen molar-refractivity contribution >= 4 is 23.3 Å². The van der Waals surface area contributed by atoms with E-state index >= 15 is 0 Å². The Balaban J connectivity index is 1.31. The minimum atomic E-state index is -0.148. The van der Waals surface area contributed by atoms with Gasteiger partial charge < -0.3 is 14.8 Å². The maximum Gasteiger partial charge on any atom is 0.322 e. The number of benzene rings is 2. The number of hydrogen-bond donors (Lipinski definition) is 1. The molecule has 0 unspecified atom stereocenters. The molecule has 1 saturated heterocycles. The smallest absolute Gasteiger partial charge is 0.314 e. The zero-order valence-electron chi connectivity index (χ0n) is 18.7. The normalized spacial score (nSPS) is 15.5. The van der Waals surface area contributed by atoms with Gasteiger partial charge >= 0.3 is 6.03 Å². The van der Waals surface area contributed by atoms with Crippen LogP contribution in [0.3, 0.4) is 0 Å². The first-order valence-corrected chi connectivity index (χ1v) is 11.6. The minimum absolute atomic E-state index is 0.134. The first-order chi connectivity index (χ1) is 16.6. The van der Waals surface area contributed by atoms with Gasteiger partial charge in [-0.15, -0.1) is 10.2 Å². The van der Waals surface area contributed by atoms with Crippen LogP contribution < -0.4 is 5.32 Å². The van der Waals surface area contributed by atoms with E-state index in [9.17, 15) is 4.79 Å². The van der Waals surface area contributed by atoms with E-state index < -0.39 is 0 Å². The predicted molar refractivity (Wildman–Crippen MR) is 130 cm³/mol. The Hall–Kier alpha value is -3.78. The van der Waals surface area contributed by atoms with Crippen LogP contribution in [-0.4, -0.2) is 42.2 Å². The summed E-state index contributed by atoms with van der Waals surface area (Å²) in [4.78, 5) is 23.6. The number of carbonyl (C=O) groups excluding carboxylic acids is 1. The van der Waals surface area contributed by atoms with E-state index in [1.165, 1.54) is 0 Å². The number of aryl methyl sites for hydroxylation is 1. The molecule has 0 spiro atoms. The summed E-state index contributed by atoms with van der Waals surface area (Å²) >= 11 is 6.03. The van der Waals surface area contributed by atoms with Crippen molar-refractivity contribution in [2.24, 2.45) is 0 Å². The van der Waals surface area contributed by atoms with Crippen molar-refractivity contribution < 1.29 is 4.79 Å². The summed E-state index contributed by atoms with van der Waals surface area (Å²) in [6.07, 6.45) is 5.17. The number of rotatable bonds is 5. The molecule has 172 valence electrons. The molecule has 2 aromatic carbocycles. The zero-order chi connectivity index (χ0) is 23.5. The number of carbonyl (C=O) groups is 1. The Kier molecular flexibility index (Phi) is 6.22. The second-order valence-corrected chi connectivity index (χ2v) is 8.69. The molecule has 1 atom stereocenters. The molecule has 0 radical (unpaired) electrons. The molecule has 5 rings (SSSR count). The molecule has 1 aliphatic rings. The molecule has 0 aliphatic carbocycles. The monoisotopic (exact) mass is 473 g/mol. The van der Waals surface area contributed by atoms with Crippen molar-refractivity contribution in [1.82, 2.24) is 29.6 Å². The van der Waals surface area contributed by atoms with Gasteiger partial charge in [0, 0.05) is 35.2 Å². The van der Waals surface area contributed by atoms with Gasteiger partial charge in [0.05, 0.1) is 12.6 Å². The molecule has 1 fully saturated rings. The van der Waals surface area contributed by atoms with E-state index in [0.717, 1.165) is 35.6 Å². The highest BCUT2D eigenvalue weighted by molar-refractivity contribution is 6.30. The lowest BCUT2D eigenvalue weighted by Gasteiger charge is -2.25. The highest BCUT2D eigenvalue weighted by Crippen LogP contribution is 2.32. The number of urea groups is 1.